The van der Waals surface area contributed by atoms with E-state index in [-0.39, 0.29) is 31.5 Å². The number of carbonyl (C=O) groups is 2. The van der Waals surface area contributed by atoms with Crippen LogP contribution in [0.25, 0.3) is 0 Å². The van der Waals surface area contributed by atoms with Crippen molar-refractivity contribution in [2.75, 3.05) is 16.8 Å². The highest BCUT2D eigenvalue weighted by atomic mass is 35.5. The van der Waals surface area contributed by atoms with Gasteiger partial charge in [0.2, 0.25) is 5.91 Å². The number of rotatable bonds is 3. The van der Waals surface area contributed by atoms with Crippen LogP contribution < -0.4 is 10.2 Å². The number of nitrogens with one attached hydrogen (secondary N) is 1. The summed E-state index contributed by atoms with van der Waals surface area (Å²) in [4.78, 5) is 25.3. The lowest BCUT2D eigenvalue weighted by Gasteiger charge is -2.28. The zero-order valence-corrected chi connectivity index (χ0v) is 13.6. The first kappa shape index (κ1) is 17.1. The molecule has 2 amide bonds. The van der Waals surface area contributed by atoms with Gasteiger partial charge in [-0.05, 0) is 30.3 Å². The van der Waals surface area contributed by atoms with Crippen LogP contribution in [0.3, 0.4) is 0 Å². The van der Waals surface area contributed by atoms with E-state index in [1.165, 1.54) is 4.90 Å². The molecule has 2 aromatic carbocycles. The van der Waals surface area contributed by atoms with E-state index in [9.17, 15) is 9.59 Å². The molecular weight excluding hydrogens is 339 g/mol. The van der Waals surface area contributed by atoms with Crippen molar-refractivity contribution in [3.8, 4) is 0 Å². The number of para-hydroxylation sites is 1. The minimum Gasteiger partial charge on any atom is -0.444 e. The van der Waals surface area contributed by atoms with Gasteiger partial charge in [0, 0.05) is 16.3 Å². The number of fused-ring (bicyclic) bond motifs is 1. The average Bonchev–Trinajstić information content (AvgIpc) is 2.52. The van der Waals surface area contributed by atoms with Crippen LogP contribution in [0.5, 0.6) is 0 Å². The highest BCUT2D eigenvalue weighted by molar-refractivity contribution is 6.30. The second-order valence-corrected chi connectivity index (χ2v) is 5.26. The number of amides is 2. The molecule has 0 atom stereocenters. The fourth-order valence-electron chi connectivity index (χ4n) is 2.24. The zero-order chi connectivity index (χ0) is 15.5. The number of halogens is 2. The topological polar surface area (TPSA) is 58.6 Å². The third-order valence-electron chi connectivity index (χ3n) is 3.28. The Balaban J connectivity index is 0.00000192. The Morgan fingerprint density at radius 1 is 1.17 bits per heavy atom. The van der Waals surface area contributed by atoms with Crippen LogP contribution in [0, 0.1) is 0 Å². The Morgan fingerprint density at radius 3 is 2.61 bits per heavy atom. The van der Waals surface area contributed by atoms with Gasteiger partial charge in [0.25, 0.3) is 0 Å². The monoisotopic (exact) mass is 352 g/mol. The van der Waals surface area contributed by atoms with E-state index < -0.39 is 6.09 Å². The molecule has 0 fully saturated rings. The van der Waals surface area contributed by atoms with Crippen LogP contribution >= 0.6 is 24.0 Å². The molecule has 1 N–H and O–H groups in total. The quantitative estimate of drug-likeness (QED) is 0.912. The largest absolute Gasteiger partial charge is 0.444 e. The maximum atomic E-state index is 12.1. The molecule has 1 heterocycles. The van der Waals surface area contributed by atoms with Crippen molar-refractivity contribution in [2.24, 2.45) is 0 Å². The first-order valence-electron chi connectivity index (χ1n) is 6.71. The van der Waals surface area contributed by atoms with Gasteiger partial charge in [-0.2, -0.15) is 0 Å². The second-order valence-electron chi connectivity index (χ2n) is 4.82. The maximum Gasteiger partial charge on any atom is 0.415 e. The van der Waals surface area contributed by atoms with Crippen LogP contribution in [-0.4, -0.2) is 18.5 Å². The van der Waals surface area contributed by atoms with Crippen LogP contribution in [0.1, 0.15) is 5.56 Å². The molecule has 1 aliphatic rings. The molecule has 0 aliphatic carbocycles. The first-order chi connectivity index (χ1) is 10.6. The highest BCUT2D eigenvalue weighted by Gasteiger charge is 2.27. The lowest BCUT2D eigenvalue weighted by Crippen LogP contribution is -2.41. The fourth-order valence-corrected chi connectivity index (χ4v) is 2.37. The number of ether oxygens (including phenoxy) is 1. The normalized spacial score (nSPS) is 12.7. The molecule has 1 aliphatic heterocycles. The van der Waals surface area contributed by atoms with Gasteiger partial charge in [-0.3, -0.25) is 9.69 Å². The molecule has 5 nitrogen and oxygen atoms in total. The Kier molecular flexibility index (Phi) is 5.47. The van der Waals surface area contributed by atoms with E-state index in [2.05, 4.69) is 5.32 Å². The summed E-state index contributed by atoms with van der Waals surface area (Å²) in [7, 11) is 0. The molecule has 3 rings (SSSR count). The summed E-state index contributed by atoms with van der Waals surface area (Å²) in [5, 5.41) is 3.31. The smallest absolute Gasteiger partial charge is 0.415 e. The summed E-state index contributed by atoms with van der Waals surface area (Å²) in [6.07, 6.45) is -0.523. The minimum atomic E-state index is -0.523. The van der Waals surface area contributed by atoms with Crippen molar-refractivity contribution in [1.82, 2.24) is 0 Å². The maximum absolute atomic E-state index is 12.1. The predicted octanol–water partition coefficient (Wildman–Crippen LogP) is 3.86. The van der Waals surface area contributed by atoms with E-state index in [0.717, 1.165) is 5.56 Å². The van der Waals surface area contributed by atoms with Crippen molar-refractivity contribution < 1.29 is 14.3 Å². The highest BCUT2D eigenvalue weighted by Crippen LogP contribution is 2.26. The van der Waals surface area contributed by atoms with E-state index in [0.29, 0.717) is 16.4 Å². The Bertz CT molecular complexity index is 720. The fraction of sp³-hybridized carbons (Fsp3) is 0.125. The second kappa shape index (κ2) is 7.35. The summed E-state index contributed by atoms with van der Waals surface area (Å²) in [5.74, 6) is -0.309. The van der Waals surface area contributed by atoms with Gasteiger partial charge >= 0.3 is 6.09 Å². The standard InChI is InChI=1S/C16H13ClN2O3.ClH/c17-12-5-7-13(8-6-12)18-15(20)9-19-14-4-2-1-3-11(14)10-22-16(19)21;/h1-8H,9-10H2,(H,18,20);1H. The first-order valence-corrected chi connectivity index (χ1v) is 7.09. The lowest BCUT2D eigenvalue weighted by atomic mass is 10.1. The van der Waals surface area contributed by atoms with Crippen molar-refractivity contribution in [3.63, 3.8) is 0 Å². The summed E-state index contributed by atoms with van der Waals surface area (Å²) < 4.78 is 5.07. The molecular formula is C16H14Cl2N2O3. The van der Waals surface area contributed by atoms with Gasteiger partial charge < -0.3 is 10.1 Å². The molecule has 0 aromatic heterocycles. The van der Waals surface area contributed by atoms with Crippen molar-refractivity contribution in [3.05, 3.63) is 59.1 Å². The number of anilines is 2. The summed E-state index contributed by atoms with van der Waals surface area (Å²) in [6.45, 7) is 0.114. The van der Waals surface area contributed by atoms with Crippen LogP contribution in [0.4, 0.5) is 16.2 Å². The van der Waals surface area contributed by atoms with Crippen molar-refractivity contribution in [2.45, 2.75) is 6.61 Å². The SMILES string of the molecule is Cl.O=C(CN1C(=O)OCc2ccccc21)Nc1ccc(Cl)cc1. The average molecular weight is 353 g/mol. The van der Waals surface area contributed by atoms with Gasteiger partial charge in [0.1, 0.15) is 13.2 Å². The number of nitrogens with zero attached hydrogens (tertiary/aromatic N) is 1. The van der Waals surface area contributed by atoms with E-state index in [1.807, 2.05) is 18.2 Å². The molecule has 0 spiro atoms. The number of hydrogen-bond donors (Lipinski definition) is 1. The minimum absolute atomic E-state index is 0. The van der Waals surface area contributed by atoms with Gasteiger partial charge in [-0.15, -0.1) is 12.4 Å². The van der Waals surface area contributed by atoms with Crippen LogP contribution in [-0.2, 0) is 16.1 Å². The molecule has 120 valence electrons. The summed E-state index contributed by atoms with van der Waals surface area (Å²) in [5.41, 5.74) is 2.19. The van der Waals surface area contributed by atoms with E-state index in [1.54, 1.807) is 30.3 Å². The van der Waals surface area contributed by atoms with Crippen molar-refractivity contribution >= 4 is 47.4 Å². The molecule has 0 unspecified atom stereocenters. The molecule has 0 bridgehead atoms. The molecule has 0 saturated carbocycles. The summed E-state index contributed by atoms with van der Waals surface area (Å²) >= 11 is 5.80. The molecule has 0 radical (unpaired) electrons. The molecule has 7 heteroatoms. The van der Waals surface area contributed by atoms with E-state index in [4.69, 9.17) is 16.3 Å². The third-order valence-corrected chi connectivity index (χ3v) is 3.54. The third kappa shape index (κ3) is 3.94. The predicted molar refractivity (Wildman–Crippen MR) is 91.3 cm³/mol. The Morgan fingerprint density at radius 2 is 1.87 bits per heavy atom. The van der Waals surface area contributed by atoms with Gasteiger partial charge in [-0.1, -0.05) is 29.8 Å². The van der Waals surface area contributed by atoms with Crippen molar-refractivity contribution in [1.29, 1.82) is 0 Å². The van der Waals surface area contributed by atoms with Gasteiger partial charge in [-0.25, -0.2) is 4.79 Å². The number of benzene rings is 2. The molecule has 0 saturated heterocycles. The van der Waals surface area contributed by atoms with Gasteiger partial charge in [0.05, 0.1) is 5.69 Å². The molecule has 23 heavy (non-hydrogen) atoms. The summed E-state index contributed by atoms with van der Waals surface area (Å²) in [6, 6.07) is 14.1. The lowest BCUT2D eigenvalue weighted by molar-refractivity contribution is -0.115. The Hall–Kier alpha value is -2.24. The van der Waals surface area contributed by atoms with Gasteiger partial charge in [0.15, 0.2) is 0 Å². The van der Waals surface area contributed by atoms with E-state index >= 15 is 0 Å². The number of hydrogen-bond acceptors (Lipinski definition) is 3. The van der Waals surface area contributed by atoms with Crippen LogP contribution in [0.2, 0.25) is 5.02 Å². The number of cyclic esters (lactones) is 1. The number of carbonyl (C=O) groups excluding carboxylic acids is 2. The Labute approximate surface area is 144 Å². The molecule has 2 aromatic rings. The van der Waals surface area contributed by atoms with Crippen LogP contribution in [0.15, 0.2) is 48.5 Å². The zero-order valence-electron chi connectivity index (χ0n) is 12.0.